The second-order valence-corrected chi connectivity index (χ2v) is 14.3. The zero-order chi connectivity index (χ0) is 28.1. The van der Waals surface area contributed by atoms with Crippen LogP contribution >= 0.6 is 0 Å². The van der Waals surface area contributed by atoms with Crippen molar-refractivity contribution in [2.75, 3.05) is 0 Å². The van der Waals surface area contributed by atoms with Gasteiger partial charge in [-0.3, -0.25) is 14.4 Å². The molecule has 4 N–H and O–H groups in total. The average molecular weight is 517 g/mol. The molecule has 7 nitrogen and oxygen atoms in total. The highest BCUT2D eigenvalue weighted by Crippen LogP contribution is 2.74. The Morgan fingerprint density at radius 3 is 2.19 bits per heavy atom. The quantitative estimate of drug-likeness (QED) is 0.334. The van der Waals surface area contributed by atoms with Crippen molar-refractivity contribution in [1.29, 1.82) is 0 Å². The molecule has 4 aliphatic carbocycles. The largest absolute Gasteiger partial charge is 0.393 e. The molecule has 0 aromatic carbocycles. The Hall–Kier alpha value is -1.67. The van der Waals surface area contributed by atoms with Crippen LogP contribution in [0.4, 0.5) is 0 Å². The highest BCUT2D eigenvalue weighted by atomic mass is 16.3. The van der Waals surface area contributed by atoms with E-state index in [9.17, 15) is 34.8 Å². The number of aliphatic hydroxyl groups is 4. The van der Waals surface area contributed by atoms with Crippen LogP contribution in [-0.4, -0.2) is 61.2 Å². The molecule has 3 fully saturated rings. The summed E-state index contributed by atoms with van der Waals surface area (Å²) in [6.45, 7) is 14.1. The summed E-state index contributed by atoms with van der Waals surface area (Å²) in [7, 11) is 0. The lowest BCUT2D eigenvalue weighted by Crippen LogP contribution is -2.65. The number of ketones is 3. The SMILES string of the molecule is CC(C)(O)C=CC(=O)[C@](C)(O)[C@H]1[C@H](O)C[C@@]2(C)[C@@H]3CC=C4[C@@H](CC(=O)[C@@H](O)C4(C)C)[C@]3(C)C(=O)C[C@]12C. The van der Waals surface area contributed by atoms with Gasteiger partial charge in [-0.25, -0.2) is 0 Å². The van der Waals surface area contributed by atoms with E-state index in [4.69, 9.17) is 0 Å². The first-order valence-corrected chi connectivity index (χ1v) is 13.5. The first-order valence-electron chi connectivity index (χ1n) is 13.5. The standard InChI is InChI=1S/C30H44O7/c1-25(2,36)12-11-21(33)30(8,37)23-19(32)14-27(5)20-10-9-16-17(13-18(31)24(35)26(16,3)4)29(20,7)22(34)15-28(23,27)6/h9,11-12,17,19-20,23-24,32,35-37H,10,13-15H2,1-8H3/t17-,19-,20+,23+,24-,27+,28-,29+,30+/m1/s1. The molecular formula is C30H44O7. The number of hydrogen-bond acceptors (Lipinski definition) is 7. The fraction of sp³-hybridized carbons (Fsp3) is 0.767. The number of aliphatic hydroxyl groups excluding tert-OH is 2. The first kappa shape index (κ1) is 28.3. The number of carbonyl (C=O) groups is 3. The van der Waals surface area contributed by atoms with Gasteiger partial charge < -0.3 is 20.4 Å². The molecule has 0 heterocycles. The minimum absolute atomic E-state index is 0.0255. The van der Waals surface area contributed by atoms with Crippen LogP contribution in [0.2, 0.25) is 0 Å². The van der Waals surface area contributed by atoms with E-state index in [-0.39, 0.29) is 36.2 Å². The summed E-state index contributed by atoms with van der Waals surface area (Å²) >= 11 is 0. The maximum atomic E-state index is 14.2. The van der Waals surface area contributed by atoms with Crippen LogP contribution < -0.4 is 0 Å². The van der Waals surface area contributed by atoms with Gasteiger partial charge >= 0.3 is 0 Å². The van der Waals surface area contributed by atoms with Crippen molar-refractivity contribution in [3.05, 3.63) is 23.8 Å². The molecule has 0 unspecified atom stereocenters. The number of fused-ring (bicyclic) bond motifs is 5. The highest BCUT2D eigenvalue weighted by molar-refractivity contribution is 5.97. The zero-order valence-corrected chi connectivity index (χ0v) is 23.5. The van der Waals surface area contributed by atoms with E-state index in [2.05, 4.69) is 13.0 Å². The van der Waals surface area contributed by atoms with Crippen molar-refractivity contribution in [3.8, 4) is 0 Å². The third kappa shape index (κ3) is 3.71. The number of allylic oxidation sites excluding steroid dienone is 1. The van der Waals surface area contributed by atoms with E-state index in [0.29, 0.717) is 12.8 Å². The number of carbonyl (C=O) groups excluding carboxylic acids is 3. The van der Waals surface area contributed by atoms with Gasteiger partial charge in [-0.15, -0.1) is 0 Å². The lowest BCUT2D eigenvalue weighted by atomic mass is 9.38. The molecule has 0 saturated heterocycles. The molecule has 3 saturated carbocycles. The topological polar surface area (TPSA) is 132 Å². The maximum absolute atomic E-state index is 14.2. The summed E-state index contributed by atoms with van der Waals surface area (Å²) in [6, 6.07) is 0. The molecule has 9 atom stereocenters. The third-order valence-corrected chi connectivity index (χ3v) is 11.2. The highest BCUT2D eigenvalue weighted by Gasteiger charge is 2.74. The van der Waals surface area contributed by atoms with Crippen LogP contribution in [0.3, 0.4) is 0 Å². The molecule has 0 amide bonds. The first-order chi connectivity index (χ1) is 16.7. The van der Waals surface area contributed by atoms with Crippen molar-refractivity contribution >= 4 is 17.3 Å². The Labute approximate surface area is 220 Å². The number of rotatable bonds is 4. The monoisotopic (exact) mass is 516 g/mol. The molecule has 206 valence electrons. The van der Waals surface area contributed by atoms with Crippen LogP contribution in [0.5, 0.6) is 0 Å². The summed E-state index contributed by atoms with van der Waals surface area (Å²) in [5.74, 6) is -2.34. The summed E-state index contributed by atoms with van der Waals surface area (Å²) in [4.78, 5) is 40.3. The summed E-state index contributed by atoms with van der Waals surface area (Å²) in [6.07, 6.45) is 3.49. The third-order valence-electron chi connectivity index (χ3n) is 11.2. The molecule has 7 heteroatoms. The van der Waals surface area contributed by atoms with Crippen LogP contribution in [0.15, 0.2) is 23.8 Å². The fourth-order valence-corrected chi connectivity index (χ4v) is 8.95. The van der Waals surface area contributed by atoms with Crippen LogP contribution in [0.25, 0.3) is 0 Å². The predicted octanol–water partition coefficient (Wildman–Crippen LogP) is 2.93. The van der Waals surface area contributed by atoms with E-state index in [1.807, 2.05) is 27.7 Å². The van der Waals surface area contributed by atoms with E-state index >= 15 is 0 Å². The van der Waals surface area contributed by atoms with E-state index < -0.39 is 56.8 Å². The van der Waals surface area contributed by atoms with E-state index in [1.54, 1.807) is 0 Å². The van der Waals surface area contributed by atoms with Crippen LogP contribution in [0.1, 0.15) is 81.1 Å². The van der Waals surface area contributed by atoms with Crippen LogP contribution in [-0.2, 0) is 14.4 Å². The lowest BCUT2D eigenvalue weighted by Gasteiger charge is -2.64. The molecule has 0 radical (unpaired) electrons. The van der Waals surface area contributed by atoms with Crippen molar-refractivity contribution < 1.29 is 34.8 Å². The number of Topliss-reactive ketones (excluding diaryl/α,β-unsaturated/α-hetero) is 2. The van der Waals surface area contributed by atoms with E-state index in [0.717, 1.165) is 11.6 Å². The lowest BCUT2D eigenvalue weighted by molar-refractivity contribution is -0.183. The molecule has 0 aromatic heterocycles. The number of hydrogen-bond donors (Lipinski definition) is 4. The predicted molar refractivity (Wildman–Crippen MR) is 138 cm³/mol. The Balaban J connectivity index is 1.80. The van der Waals surface area contributed by atoms with Crippen LogP contribution in [0, 0.1) is 39.4 Å². The Bertz CT molecular complexity index is 1090. The molecule has 0 bridgehead atoms. The maximum Gasteiger partial charge on any atom is 0.187 e. The molecule has 0 aliphatic heterocycles. The van der Waals surface area contributed by atoms with Gasteiger partial charge in [0.15, 0.2) is 11.6 Å². The Morgan fingerprint density at radius 2 is 1.62 bits per heavy atom. The zero-order valence-electron chi connectivity index (χ0n) is 23.5. The molecule has 4 aliphatic rings. The minimum atomic E-state index is -1.95. The summed E-state index contributed by atoms with van der Waals surface area (Å²) < 4.78 is 0. The second-order valence-electron chi connectivity index (χ2n) is 14.3. The molecular weight excluding hydrogens is 472 g/mol. The van der Waals surface area contributed by atoms with Crippen molar-refractivity contribution in [1.82, 2.24) is 0 Å². The van der Waals surface area contributed by atoms with Gasteiger partial charge in [-0.1, -0.05) is 52.3 Å². The Kier molecular flexibility index (Phi) is 6.26. The smallest absolute Gasteiger partial charge is 0.187 e. The molecule has 0 aromatic rings. The van der Waals surface area contributed by atoms with Gasteiger partial charge in [0, 0.05) is 29.6 Å². The van der Waals surface area contributed by atoms with Gasteiger partial charge in [0.25, 0.3) is 0 Å². The normalized spacial score (nSPS) is 45.1. The van der Waals surface area contributed by atoms with E-state index in [1.165, 1.54) is 26.8 Å². The molecule has 0 spiro atoms. The van der Waals surface area contributed by atoms with Gasteiger partial charge in [-0.2, -0.15) is 0 Å². The Morgan fingerprint density at radius 1 is 1.03 bits per heavy atom. The summed E-state index contributed by atoms with van der Waals surface area (Å²) in [5, 5.41) is 43.7. The minimum Gasteiger partial charge on any atom is -0.393 e. The second kappa shape index (κ2) is 8.17. The average Bonchev–Trinajstić information content (AvgIpc) is 2.96. The molecule has 4 rings (SSSR count). The van der Waals surface area contributed by atoms with Gasteiger partial charge in [0.2, 0.25) is 0 Å². The summed E-state index contributed by atoms with van der Waals surface area (Å²) in [5.41, 5.74) is -5.36. The fourth-order valence-electron chi connectivity index (χ4n) is 8.95. The van der Waals surface area contributed by atoms with Crippen molar-refractivity contribution in [2.45, 2.75) is 104 Å². The van der Waals surface area contributed by atoms with Crippen molar-refractivity contribution in [3.63, 3.8) is 0 Å². The van der Waals surface area contributed by atoms with Gasteiger partial charge in [-0.05, 0) is 62.4 Å². The molecule has 37 heavy (non-hydrogen) atoms. The van der Waals surface area contributed by atoms with Gasteiger partial charge in [0.05, 0.1) is 11.7 Å². The van der Waals surface area contributed by atoms with Crippen molar-refractivity contribution in [2.24, 2.45) is 39.4 Å². The van der Waals surface area contributed by atoms with Gasteiger partial charge in [0.1, 0.15) is 17.5 Å².